The molecule has 0 aromatic carbocycles. The molecule has 0 unspecified atom stereocenters. The predicted molar refractivity (Wildman–Crippen MR) is 83.4 cm³/mol. The molecule has 0 radical (unpaired) electrons. The number of hydrogen-bond donors (Lipinski definition) is 2. The second-order valence-corrected chi connectivity index (χ2v) is 6.24. The lowest BCUT2D eigenvalue weighted by molar-refractivity contribution is -0.130. The van der Waals surface area contributed by atoms with Crippen LogP contribution < -0.4 is 11.1 Å². The van der Waals surface area contributed by atoms with Crippen LogP contribution in [0.25, 0.3) is 0 Å². The first-order valence-electron chi connectivity index (χ1n) is 8.21. The Bertz CT molecular complexity index is 385. The third-order valence-corrected chi connectivity index (χ3v) is 4.56. The van der Waals surface area contributed by atoms with Gasteiger partial charge in [0.1, 0.15) is 0 Å². The van der Waals surface area contributed by atoms with Crippen LogP contribution in [0.5, 0.6) is 0 Å². The highest BCUT2D eigenvalue weighted by Gasteiger charge is 2.36. The molecule has 2 aliphatic rings. The van der Waals surface area contributed by atoms with Gasteiger partial charge in [0, 0.05) is 45.2 Å². The first kappa shape index (κ1) is 17.0. The molecule has 0 saturated carbocycles. The van der Waals surface area contributed by atoms with E-state index < -0.39 is 6.03 Å². The van der Waals surface area contributed by atoms with Crippen LogP contribution in [0.2, 0.25) is 0 Å². The van der Waals surface area contributed by atoms with Crippen molar-refractivity contribution in [3.63, 3.8) is 0 Å². The van der Waals surface area contributed by atoms with E-state index in [2.05, 4.69) is 17.1 Å². The van der Waals surface area contributed by atoms with Gasteiger partial charge in [0.05, 0.1) is 13.2 Å². The quantitative estimate of drug-likeness (QED) is 0.676. The van der Waals surface area contributed by atoms with Gasteiger partial charge in [-0.25, -0.2) is 4.79 Å². The number of rotatable bonds is 6. The highest BCUT2D eigenvalue weighted by molar-refractivity contribution is 5.76. The Kier molecular flexibility index (Phi) is 6.45. The largest absolute Gasteiger partial charge is 0.379 e. The summed E-state index contributed by atoms with van der Waals surface area (Å²) >= 11 is 0. The molecule has 7 nitrogen and oxygen atoms in total. The van der Waals surface area contributed by atoms with Crippen molar-refractivity contribution in [2.75, 3.05) is 45.9 Å². The van der Waals surface area contributed by atoms with E-state index in [-0.39, 0.29) is 5.91 Å². The average molecular weight is 312 g/mol. The van der Waals surface area contributed by atoms with E-state index in [1.165, 1.54) is 0 Å². The average Bonchev–Trinajstić information content (AvgIpc) is 2.89. The van der Waals surface area contributed by atoms with Crippen molar-refractivity contribution in [3.05, 3.63) is 0 Å². The third-order valence-electron chi connectivity index (χ3n) is 4.56. The summed E-state index contributed by atoms with van der Waals surface area (Å²) in [5.41, 5.74) is 5.00. The number of carbonyl (C=O) groups excluding carboxylic acids is 2. The number of unbranched alkanes of at least 4 members (excludes halogenated alkanes) is 1. The molecule has 3 amide bonds. The van der Waals surface area contributed by atoms with Crippen LogP contribution >= 0.6 is 0 Å². The van der Waals surface area contributed by atoms with Crippen molar-refractivity contribution >= 4 is 11.9 Å². The molecule has 22 heavy (non-hydrogen) atoms. The molecular weight excluding hydrogens is 284 g/mol. The van der Waals surface area contributed by atoms with Crippen molar-refractivity contribution in [3.8, 4) is 0 Å². The highest BCUT2D eigenvalue weighted by Crippen LogP contribution is 2.23. The Morgan fingerprint density at radius 1 is 1.23 bits per heavy atom. The van der Waals surface area contributed by atoms with E-state index in [4.69, 9.17) is 10.5 Å². The predicted octanol–water partition coefficient (Wildman–Crippen LogP) is 0.00410. The summed E-state index contributed by atoms with van der Waals surface area (Å²) in [6.45, 7) is 7.97. The van der Waals surface area contributed by atoms with Crippen molar-refractivity contribution in [2.45, 2.75) is 32.2 Å². The monoisotopic (exact) mass is 312 g/mol. The minimum Gasteiger partial charge on any atom is -0.379 e. The normalized spacial score (nSPS) is 26.1. The maximum Gasteiger partial charge on any atom is 0.312 e. The molecule has 2 aliphatic heterocycles. The molecule has 7 heteroatoms. The van der Waals surface area contributed by atoms with Crippen molar-refractivity contribution in [2.24, 2.45) is 11.7 Å². The number of urea groups is 1. The van der Waals surface area contributed by atoms with E-state index in [1.54, 1.807) is 0 Å². The lowest BCUT2D eigenvalue weighted by Crippen LogP contribution is -2.47. The molecule has 0 aromatic heterocycles. The summed E-state index contributed by atoms with van der Waals surface area (Å²) in [4.78, 5) is 27.3. The van der Waals surface area contributed by atoms with Gasteiger partial charge in [0.25, 0.3) is 0 Å². The Hall–Kier alpha value is -1.34. The fourth-order valence-corrected chi connectivity index (χ4v) is 3.31. The van der Waals surface area contributed by atoms with Crippen LogP contribution in [0.3, 0.4) is 0 Å². The van der Waals surface area contributed by atoms with Gasteiger partial charge in [-0.3, -0.25) is 9.69 Å². The molecule has 2 atom stereocenters. The minimum absolute atomic E-state index is 0.224. The van der Waals surface area contributed by atoms with Gasteiger partial charge in [-0.15, -0.1) is 0 Å². The summed E-state index contributed by atoms with van der Waals surface area (Å²) < 4.78 is 5.40. The molecule has 2 fully saturated rings. The number of amides is 3. The number of carbonyl (C=O) groups is 2. The summed E-state index contributed by atoms with van der Waals surface area (Å²) in [5, 5.41) is 2.54. The fraction of sp³-hybridized carbons (Fsp3) is 0.867. The lowest BCUT2D eigenvalue weighted by atomic mass is 10.0. The molecule has 0 aliphatic carbocycles. The number of nitrogens with one attached hydrogen (secondary N) is 1. The molecule has 0 aromatic rings. The molecular formula is C15H28N4O3. The second-order valence-electron chi connectivity index (χ2n) is 6.24. The number of nitrogens with two attached hydrogens (primary N) is 1. The van der Waals surface area contributed by atoms with Gasteiger partial charge in [0.15, 0.2) is 0 Å². The molecule has 126 valence electrons. The Labute approximate surface area is 132 Å². The summed E-state index contributed by atoms with van der Waals surface area (Å²) in [7, 11) is 0. The van der Waals surface area contributed by atoms with Crippen LogP contribution in [0, 0.1) is 5.92 Å². The van der Waals surface area contributed by atoms with Gasteiger partial charge >= 0.3 is 6.03 Å². The van der Waals surface area contributed by atoms with Crippen molar-refractivity contribution in [1.82, 2.24) is 15.1 Å². The summed E-state index contributed by atoms with van der Waals surface area (Å²) in [5.74, 6) is 0.736. The highest BCUT2D eigenvalue weighted by atomic mass is 16.5. The first-order chi connectivity index (χ1) is 10.6. The molecule has 0 spiro atoms. The standard InChI is InChI=1S/C15H28N4O3/c1-12-10-19(11-13(12)18-6-8-22-9-7-18)14(20)4-2-3-5-17-15(16)21/h12-13H,2-11H2,1H3,(H3,16,17,21)/t12-,13+/m1/s1. The fourth-order valence-electron chi connectivity index (χ4n) is 3.31. The van der Waals surface area contributed by atoms with Crippen LogP contribution in [0.15, 0.2) is 0 Å². The van der Waals surface area contributed by atoms with Crippen LogP contribution in [-0.4, -0.2) is 73.7 Å². The number of nitrogens with zero attached hydrogens (tertiary/aromatic N) is 2. The van der Waals surface area contributed by atoms with Gasteiger partial charge in [-0.1, -0.05) is 6.92 Å². The number of likely N-dealkylation sites (tertiary alicyclic amines) is 1. The van der Waals surface area contributed by atoms with Gasteiger partial charge in [-0.2, -0.15) is 0 Å². The van der Waals surface area contributed by atoms with Gasteiger partial charge in [0.2, 0.25) is 5.91 Å². The van der Waals surface area contributed by atoms with E-state index in [0.717, 1.165) is 52.2 Å². The maximum absolute atomic E-state index is 12.3. The van der Waals surface area contributed by atoms with E-state index in [0.29, 0.717) is 24.9 Å². The zero-order valence-electron chi connectivity index (χ0n) is 13.4. The second kappa shape index (κ2) is 8.33. The van der Waals surface area contributed by atoms with E-state index >= 15 is 0 Å². The molecule has 0 bridgehead atoms. The molecule has 2 saturated heterocycles. The molecule has 2 rings (SSSR count). The Morgan fingerprint density at radius 3 is 2.64 bits per heavy atom. The number of morpholine rings is 1. The number of hydrogen-bond acceptors (Lipinski definition) is 4. The van der Waals surface area contributed by atoms with Crippen LogP contribution in [0.4, 0.5) is 4.79 Å². The number of ether oxygens (including phenoxy) is 1. The Morgan fingerprint density at radius 2 is 1.95 bits per heavy atom. The van der Waals surface area contributed by atoms with E-state index in [1.807, 2.05) is 4.90 Å². The first-order valence-corrected chi connectivity index (χ1v) is 8.21. The van der Waals surface area contributed by atoms with Crippen LogP contribution in [-0.2, 0) is 9.53 Å². The SMILES string of the molecule is C[C@@H]1CN(C(=O)CCCCNC(N)=O)C[C@@H]1N1CCOCC1. The Balaban J connectivity index is 1.69. The maximum atomic E-state index is 12.3. The molecule has 2 heterocycles. The van der Waals surface area contributed by atoms with Gasteiger partial charge < -0.3 is 20.7 Å². The smallest absolute Gasteiger partial charge is 0.312 e. The zero-order chi connectivity index (χ0) is 15.9. The summed E-state index contributed by atoms with van der Waals surface area (Å²) in [6.07, 6.45) is 2.11. The molecule has 3 N–H and O–H groups in total. The zero-order valence-corrected chi connectivity index (χ0v) is 13.4. The third kappa shape index (κ3) is 4.84. The van der Waals surface area contributed by atoms with Crippen molar-refractivity contribution in [1.29, 1.82) is 0 Å². The van der Waals surface area contributed by atoms with Crippen LogP contribution in [0.1, 0.15) is 26.2 Å². The lowest BCUT2D eigenvalue weighted by Gasteiger charge is -2.34. The van der Waals surface area contributed by atoms with Crippen molar-refractivity contribution < 1.29 is 14.3 Å². The number of primary amides is 1. The summed E-state index contributed by atoms with van der Waals surface area (Å²) in [6, 6.07) is -0.0441. The minimum atomic E-state index is -0.506. The van der Waals surface area contributed by atoms with E-state index in [9.17, 15) is 9.59 Å². The topological polar surface area (TPSA) is 87.9 Å². The van der Waals surface area contributed by atoms with Gasteiger partial charge in [-0.05, 0) is 18.8 Å².